The zero-order valence-electron chi connectivity index (χ0n) is 23.2. The molecule has 0 saturated carbocycles. The van der Waals surface area contributed by atoms with Crippen LogP contribution in [0.3, 0.4) is 0 Å². The maximum Gasteiger partial charge on any atom is 0.416 e. The van der Waals surface area contributed by atoms with Crippen molar-refractivity contribution in [3.05, 3.63) is 100 Å². The van der Waals surface area contributed by atoms with Gasteiger partial charge in [0.1, 0.15) is 18.2 Å². The number of carbonyl (C=O) groups excluding carboxylic acids is 1. The third-order valence-corrected chi connectivity index (χ3v) is 7.96. The molecule has 3 aromatic carbocycles. The van der Waals surface area contributed by atoms with Gasteiger partial charge in [0.05, 0.1) is 5.56 Å². The fourth-order valence-corrected chi connectivity index (χ4v) is 5.69. The van der Waals surface area contributed by atoms with Crippen LogP contribution in [0, 0.1) is 11.7 Å². The molecule has 2 aliphatic rings. The number of alkyl halides is 3. The molecule has 0 spiro atoms. The van der Waals surface area contributed by atoms with Gasteiger partial charge in [0.25, 0.3) is 0 Å². The Morgan fingerprint density at radius 1 is 0.881 bits per heavy atom. The van der Waals surface area contributed by atoms with Crippen LogP contribution < -0.4 is 4.74 Å². The molecule has 228 valence electrons. The molecule has 2 heterocycles. The molecule has 0 aromatic heterocycles. The fraction of sp³-hybridized carbons (Fsp3) is 0.406. The molecule has 0 unspecified atom stereocenters. The highest BCUT2D eigenvalue weighted by atomic mass is 35.5. The van der Waals surface area contributed by atoms with E-state index in [1.54, 1.807) is 24.3 Å². The third-order valence-electron chi connectivity index (χ3n) is 7.96. The number of carbonyl (C=O) groups is 1. The first kappa shape index (κ1) is 33.8. The van der Waals surface area contributed by atoms with Gasteiger partial charge in [-0.15, -0.1) is 24.8 Å². The standard InChI is InChI=1S/C32H34F4N2O2.2ClH/c33-28-9-5-24(6-10-28)20-38-17-18-40-31-12-8-25(19-27(31)22-38)30(39)11-7-23-13-15-37(16-14-23)21-26-3-1-2-4-29(26)32(34,35)36;;/h1-6,8-10,12,19,23H,7,11,13-18,20-22H2;2*1H. The van der Waals surface area contributed by atoms with Crippen LogP contribution in [0.15, 0.2) is 66.7 Å². The summed E-state index contributed by atoms with van der Waals surface area (Å²) < 4.78 is 59.2. The fourth-order valence-electron chi connectivity index (χ4n) is 5.69. The van der Waals surface area contributed by atoms with Gasteiger partial charge in [0.2, 0.25) is 0 Å². The number of fused-ring (bicyclic) bond motifs is 1. The summed E-state index contributed by atoms with van der Waals surface area (Å²) in [6, 6.07) is 17.9. The Morgan fingerprint density at radius 2 is 1.60 bits per heavy atom. The van der Waals surface area contributed by atoms with Crippen LogP contribution in [0.1, 0.15) is 58.3 Å². The molecule has 42 heavy (non-hydrogen) atoms. The first-order valence-electron chi connectivity index (χ1n) is 13.9. The van der Waals surface area contributed by atoms with E-state index >= 15 is 0 Å². The van der Waals surface area contributed by atoms with Gasteiger partial charge in [0, 0.05) is 43.7 Å². The number of piperidine rings is 1. The lowest BCUT2D eigenvalue weighted by Crippen LogP contribution is -2.34. The van der Waals surface area contributed by atoms with Crippen LogP contribution in [-0.4, -0.2) is 41.8 Å². The van der Waals surface area contributed by atoms with Crippen molar-refractivity contribution >= 4 is 30.6 Å². The van der Waals surface area contributed by atoms with Crippen molar-refractivity contribution in [2.24, 2.45) is 5.92 Å². The number of ether oxygens (including phenoxy) is 1. The van der Waals surface area contributed by atoms with E-state index in [9.17, 15) is 22.4 Å². The average Bonchev–Trinajstić information content (AvgIpc) is 3.14. The number of benzene rings is 3. The molecule has 0 bridgehead atoms. The highest BCUT2D eigenvalue weighted by molar-refractivity contribution is 5.96. The monoisotopic (exact) mass is 626 g/mol. The highest BCUT2D eigenvalue weighted by Gasteiger charge is 2.33. The van der Waals surface area contributed by atoms with E-state index < -0.39 is 11.7 Å². The van der Waals surface area contributed by atoms with Gasteiger partial charge >= 0.3 is 6.18 Å². The normalized spacial score (nSPS) is 16.4. The number of hydrogen-bond donors (Lipinski definition) is 0. The summed E-state index contributed by atoms with van der Waals surface area (Å²) in [4.78, 5) is 17.4. The van der Waals surface area contributed by atoms with Gasteiger partial charge in [-0.2, -0.15) is 13.2 Å². The summed E-state index contributed by atoms with van der Waals surface area (Å²) in [6.45, 7) is 4.33. The van der Waals surface area contributed by atoms with Crippen molar-refractivity contribution < 1.29 is 27.1 Å². The van der Waals surface area contributed by atoms with Crippen molar-refractivity contribution in [1.82, 2.24) is 9.80 Å². The maximum absolute atomic E-state index is 13.3. The van der Waals surface area contributed by atoms with E-state index in [0.717, 1.165) is 61.8 Å². The summed E-state index contributed by atoms with van der Waals surface area (Å²) >= 11 is 0. The molecule has 0 N–H and O–H groups in total. The smallest absolute Gasteiger partial charge is 0.416 e. The minimum Gasteiger partial charge on any atom is -0.492 e. The Labute approximate surface area is 256 Å². The van der Waals surface area contributed by atoms with Crippen LogP contribution in [0.2, 0.25) is 0 Å². The van der Waals surface area contributed by atoms with E-state index in [-0.39, 0.29) is 43.0 Å². The van der Waals surface area contributed by atoms with Crippen molar-refractivity contribution in [2.45, 2.75) is 51.5 Å². The second-order valence-electron chi connectivity index (χ2n) is 10.8. The van der Waals surface area contributed by atoms with Crippen LogP contribution in [0.25, 0.3) is 0 Å². The summed E-state index contributed by atoms with van der Waals surface area (Å²) in [6.07, 6.45) is -1.38. The molecule has 4 nitrogen and oxygen atoms in total. The van der Waals surface area contributed by atoms with Gasteiger partial charge in [-0.3, -0.25) is 14.6 Å². The first-order chi connectivity index (χ1) is 19.2. The molecule has 3 aromatic rings. The SMILES string of the molecule is Cl.Cl.O=C(CCC1CCN(Cc2ccccc2C(F)(F)F)CC1)c1ccc2c(c1)CN(Cc1ccc(F)cc1)CCO2. The zero-order chi connectivity index (χ0) is 28.1. The molecule has 0 amide bonds. The molecule has 1 fully saturated rings. The number of halogens is 6. The lowest BCUT2D eigenvalue weighted by atomic mass is 9.90. The Bertz CT molecular complexity index is 1310. The number of ketones is 1. The van der Waals surface area contributed by atoms with Gasteiger partial charge in [-0.25, -0.2) is 4.39 Å². The van der Waals surface area contributed by atoms with E-state index in [2.05, 4.69) is 9.80 Å². The number of Topliss-reactive ketones (excluding diaryl/α,β-unsaturated/α-hetero) is 1. The molecular weight excluding hydrogens is 591 g/mol. The molecule has 10 heteroatoms. The summed E-state index contributed by atoms with van der Waals surface area (Å²) in [5.41, 5.74) is 2.41. The minimum absolute atomic E-state index is 0. The second-order valence-corrected chi connectivity index (χ2v) is 10.8. The highest BCUT2D eigenvalue weighted by Crippen LogP contribution is 2.33. The Hall–Kier alpha value is -2.65. The van der Waals surface area contributed by atoms with Crippen molar-refractivity contribution in [2.75, 3.05) is 26.2 Å². The van der Waals surface area contributed by atoms with E-state index in [0.29, 0.717) is 43.2 Å². The van der Waals surface area contributed by atoms with Gasteiger partial charge in [0.15, 0.2) is 5.78 Å². The molecular formula is C32H36Cl2F4N2O2. The summed E-state index contributed by atoms with van der Waals surface area (Å²) in [5, 5.41) is 0. The van der Waals surface area contributed by atoms with Gasteiger partial charge in [-0.1, -0.05) is 30.3 Å². The largest absolute Gasteiger partial charge is 0.492 e. The van der Waals surface area contributed by atoms with Crippen LogP contribution in [0.5, 0.6) is 5.75 Å². The third kappa shape index (κ3) is 8.93. The van der Waals surface area contributed by atoms with E-state index in [1.165, 1.54) is 18.2 Å². The second kappa shape index (κ2) is 15.2. The van der Waals surface area contributed by atoms with Crippen LogP contribution >= 0.6 is 24.8 Å². The van der Waals surface area contributed by atoms with E-state index in [1.807, 2.05) is 18.2 Å². The molecule has 0 radical (unpaired) electrons. The van der Waals surface area contributed by atoms with Crippen LogP contribution in [0.4, 0.5) is 17.6 Å². The van der Waals surface area contributed by atoms with Crippen molar-refractivity contribution in [3.63, 3.8) is 0 Å². The summed E-state index contributed by atoms with van der Waals surface area (Å²) in [5.74, 6) is 1.01. The molecule has 2 aliphatic heterocycles. The Morgan fingerprint density at radius 3 is 2.31 bits per heavy atom. The molecule has 0 aliphatic carbocycles. The minimum atomic E-state index is -4.35. The van der Waals surface area contributed by atoms with Gasteiger partial charge in [-0.05, 0) is 85.8 Å². The first-order valence-corrected chi connectivity index (χ1v) is 13.9. The van der Waals surface area contributed by atoms with Gasteiger partial charge < -0.3 is 4.74 Å². The number of rotatable bonds is 8. The Kier molecular flexibility index (Phi) is 12.2. The topological polar surface area (TPSA) is 32.8 Å². The lowest BCUT2D eigenvalue weighted by Gasteiger charge is -2.32. The number of nitrogens with zero attached hydrogens (tertiary/aromatic N) is 2. The Balaban J connectivity index is 0.00000242. The number of likely N-dealkylation sites (tertiary alicyclic amines) is 1. The molecule has 0 atom stereocenters. The summed E-state index contributed by atoms with van der Waals surface area (Å²) in [7, 11) is 0. The quantitative estimate of drug-likeness (QED) is 0.188. The van der Waals surface area contributed by atoms with E-state index in [4.69, 9.17) is 4.74 Å². The van der Waals surface area contributed by atoms with Crippen molar-refractivity contribution in [1.29, 1.82) is 0 Å². The zero-order valence-corrected chi connectivity index (χ0v) is 24.9. The van der Waals surface area contributed by atoms with Crippen LogP contribution in [-0.2, 0) is 25.8 Å². The maximum atomic E-state index is 13.3. The molecule has 1 saturated heterocycles. The number of hydrogen-bond acceptors (Lipinski definition) is 4. The lowest BCUT2D eigenvalue weighted by molar-refractivity contribution is -0.138. The average molecular weight is 628 g/mol. The predicted molar refractivity (Wildman–Crippen MR) is 160 cm³/mol. The predicted octanol–water partition coefficient (Wildman–Crippen LogP) is 7.96. The van der Waals surface area contributed by atoms with Crippen molar-refractivity contribution in [3.8, 4) is 5.75 Å². The molecule has 5 rings (SSSR count).